The summed E-state index contributed by atoms with van der Waals surface area (Å²) in [5.74, 6) is -0.448. The molecule has 2 aromatic heterocycles. The molecule has 0 unspecified atom stereocenters. The van der Waals surface area contributed by atoms with E-state index in [0.717, 1.165) is 44.7 Å². The molecule has 12 heteroatoms. The molecule has 1 saturated carbocycles. The number of rotatable bonds is 8. The first-order valence-electron chi connectivity index (χ1n) is 15.8. The van der Waals surface area contributed by atoms with Gasteiger partial charge in [0.05, 0.1) is 16.5 Å². The lowest BCUT2D eigenvalue weighted by Crippen LogP contribution is -2.56. The number of fused-ring (bicyclic) bond motifs is 3. The van der Waals surface area contributed by atoms with Crippen LogP contribution in [0.1, 0.15) is 44.1 Å². The predicted octanol–water partition coefficient (Wildman–Crippen LogP) is 6.88. The van der Waals surface area contributed by atoms with Gasteiger partial charge in [0.15, 0.2) is 5.82 Å². The lowest BCUT2D eigenvalue weighted by Gasteiger charge is -2.49. The van der Waals surface area contributed by atoms with Crippen molar-refractivity contribution in [1.29, 1.82) is 0 Å². The summed E-state index contributed by atoms with van der Waals surface area (Å²) in [6.45, 7) is 1.91. The molecule has 2 aliphatic heterocycles. The zero-order valence-electron chi connectivity index (χ0n) is 26.2. The average molecular weight is 641 g/mol. The average Bonchev–Trinajstić information content (AvgIpc) is 3.52. The van der Waals surface area contributed by atoms with Crippen molar-refractivity contribution in [1.82, 2.24) is 24.8 Å². The van der Waals surface area contributed by atoms with Crippen molar-refractivity contribution in [3.63, 3.8) is 0 Å². The van der Waals surface area contributed by atoms with Crippen LogP contribution in [0, 0.1) is 5.82 Å². The maximum atomic E-state index is 16.7. The van der Waals surface area contributed by atoms with Gasteiger partial charge in [-0.25, -0.2) is 8.78 Å². The minimum absolute atomic E-state index is 0.0160. The fourth-order valence-electron chi connectivity index (χ4n) is 7.84. The van der Waals surface area contributed by atoms with Gasteiger partial charge in [0.25, 0.3) is 0 Å². The molecule has 2 saturated heterocycles. The zero-order valence-corrected chi connectivity index (χ0v) is 26.2. The molecular formula is C34H37F5N6O. The Labute approximate surface area is 264 Å². The third kappa shape index (κ3) is 5.13. The molecule has 0 spiro atoms. The summed E-state index contributed by atoms with van der Waals surface area (Å²) in [6.07, 6.45) is 1.00. The second-order valence-electron chi connectivity index (χ2n) is 13.4. The normalized spacial score (nSPS) is 22.8. The van der Waals surface area contributed by atoms with Gasteiger partial charge in [-0.1, -0.05) is 30.3 Å². The molecule has 2 aromatic carbocycles. The van der Waals surface area contributed by atoms with Crippen LogP contribution in [0.15, 0.2) is 42.6 Å². The monoisotopic (exact) mass is 640 g/mol. The van der Waals surface area contributed by atoms with E-state index in [-0.39, 0.29) is 40.3 Å². The molecular weight excluding hydrogens is 603 g/mol. The zero-order chi connectivity index (χ0) is 32.4. The Kier molecular flexibility index (Phi) is 7.58. The van der Waals surface area contributed by atoms with Gasteiger partial charge in [-0.05, 0) is 64.2 Å². The lowest BCUT2D eigenvalue weighted by atomic mass is 9.75. The molecule has 0 N–H and O–H groups in total. The molecule has 4 heterocycles. The number of hydrogen-bond donors (Lipinski definition) is 0. The SMILES string of the molecule is CN(CC1(N(C)C)CCC1)c1nc(OC[C@@]23CCCN2C[C@H](F)C3)nc2c(F)c(-c3cccc4cccc(C(F)(F)F)c34)ncc12. The van der Waals surface area contributed by atoms with E-state index in [1.807, 2.05) is 26.0 Å². The first-order chi connectivity index (χ1) is 21.9. The second kappa shape index (κ2) is 11.3. The number of likely N-dealkylation sites (N-methyl/N-ethyl adjacent to an activating group) is 2. The Bertz CT molecular complexity index is 1790. The molecule has 4 aromatic rings. The highest BCUT2D eigenvalue weighted by atomic mass is 19.4. The number of alkyl halides is 4. The second-order valence-corrected chi connectivity index (χ2v) is 13.4. The van der Waals surface area contributed by atoms with Crippen LogP contribution >= 0.6 is 0 Å². The Morgan fingerprint density at radius 2 is 1.78 bits per heavy atom. The van der Waals surface area contributed by atoms with E-state index < -0.39 is 29.3 Å². The van der Waals surface area contributed by atoms with E-state index >= 15 is 4.39 Å². The van der Waals surface area contributed by atoms with E-state index in [4.69, 9.17) is 9.72 Å². The van der Waals surface area contributed by atoms with Crippen molar-refractivity contribution in [2.24, 2.45) is 0 Å². The highest BCUT2D eigenvalue weighted by molar-refractivity contribution is 6.01. The summed E-state index contributed by atoms with van der Waals surface area (Å²) in [5.41, 5.74) is -1.74. The topological polar surface area (TPSA) is 57.6 Å². The summed E-state index contributed by atoms with van der Waals surface area (Å²) >= 11 is 0. The van der Waals surface area contributed by atoms with Crippen molar-refractivity contribution in [3.05, 3.63) is 54.0 Å². The van der Waals surface area contributed by atoms with E-state index in [9.17, 15) is 17.6 Å². The Balaban J connectivity index is 1.35. The van der Waals surface area contributed by atoms with Crippen molar-refractivity contribution in [3.8, 4) is 17.3 Å². The van der Waals surface area contributed by atoms with Gasteiger partial charge in [0, 0.05) is 49.2 Å². The number of hydrogen-bond acceptors (Lipinski definition) is 7. The van der Waals surface area contributed by atoms with Crippen LogP contribution in [-0.2, 0) is 6.18 Å². The number of halogens is 5. The van der Waals surface area contributed by atoms with Crippen LogP contribution in [0.4, 0.5) is 27.8 Å². The fourth-order valence-corrected chi connectivity index (χ4v) is 7.84. The van der Waals surface area contributed by atoms with Crippen LogP contribution in [0.3, 0.4) is 0 Å². The van der Waals surface area contributed by atoms with E-state index in [0.29, 0.717) is 36.1 Å². The van der Waals surface area contributed by atoms with Crippen molar-refractivity contribution < 1.29 is 26.7 Å². The van der Waals surface area contributed by atoms with Crippen molar-refractivity contribution in [2.45, 2.75) is 62.0 Å². The van der Waals surface area contributed by atoms with Gasteiger partial charge in [0.1, 0.15) is 29.8 Å². The standard InChI is InChI=1S/C34H37F5N6O/c1-43(2)32(12-6-13-32)19-44(3)30-24-17-40-28(23-10-4-8-21-9-5-11-25(26(21)23)34(37,38)39)27(36)29(24)41-31(42-30)46-20-33-14-7-15-45(33)18-22(35)16-33/h4-5,8-11,17,22H,6-7,12-16,18-20H2,1-3H3/t22-,33+/m1/s1. The van der Waals surface area contributed by atoms with E-state index in [1.54, 1.807) is 18.2 Å². The summed E-state index contributed by atoms with van der Waals surface area (Å²) < 4.78 is 79.8. The Morgan fingerprint density at radius 3 is 2.48 bits per heavy atom. The van der Waals surface area contributed by atoms with Gasteiger partial charge in [0.2, 0.25) is 0 Å². The molecule has 46 heavy (non-hydrogen) atoms. The van der Waals surface area contributed by atoms with Gasteiger partial charge in [-0.2, -0.15) is 23.1 Å². The molecule has 244 valence electrons. The largest absolute Gasteiger partial charge is 0.461 e. The molecule has 7 nitrogen and oxygen atoms in total. The van der Waals surface area contributed by atoms with Gasteiger partial charge < -0.3 is 14.5 Å². The third-order valence-electron chi connectivity index (χ3n) is 10.5. The van der Waals surface area contributed by atoms with Gasteiger partial charge >= 0.3 is 12.2 Å². The molecule has 1 aliphatic carbocycles. The van der Waals surface area contributed by atoms with Gasteiger partial charge in [-0.3, -0.25) is 9.88 Å². The van der Waals surface area contributed by atoms with Crippen LogP contribution < -0.4 is 9.64 Å². The molecule has 0 amide bonds. The van der Waals surface area contributed by atoms with E-state index in [2.05, 4.69) is 19.8 Å². The maximum absolute atomic E-state index is 16.7. The molecule has 7 rings (SSSR count). The highest BCUT2D eigenvalue weighted by Gasteiger charge is 2.49. The quantitative estimate of drug-likeness (QED) is 0.195. The lowest BCUT2D eigenvalue weighted by molar-refractivity contribution is -0.136. The summed E-state index contributed by atoms with van der Waals surface area (Å²) in [5, 5.41) is 0.510. The first kappa shape index (κ1) is 31.0. The third-order valence-corrected chi connectivity index (χ3v) is 10.5. The number of anilines is 1. The Hall–Kier alpha value is -3.64. The van der Waals surface area contributed by atoms with Gasteiger partial charge in [-0.15, -0.1) is 0 Å². The molecule has 3 fully saturated rings. The first-order valence-corrected chi connectivity index (χ1v) is 15.8. The summed E-state index contributed by atoms with van der Waals surface area (Å²) in [6, 6.07) is 8.42. The minimum Gasteiger partial charge on any atom is -0.461 e. The van der Waals surface area contributed by atoms with Crippen molar-refractivity contribution in [2.75, 3.05) is 52.3 Å². The van der Waals surface area contributed by atoms with Crippen LogP contribution in [0.2, 0.25) is 0 Å². The summed E-state index contributed by atoms with van der Waals surface area (Å²) in [4.78, 5) is 19.9. The fraction of sp³-hybridized carbons (Fsp3) is 0.500. The van der Waals surface area contributed by atoms with E-state index in [1.165, 1.54) is 18.3 Å². The molecule has 2 atom stereocenters. The molecule has 0 radical (unpaired) electrons. The molecule has 3 aliphatic rings. The van der Waals surface area contributed by atoms with Crippen LogP contribution in [0.5, 0.6) is 6.01 Å². The van der Waals surface area contributed by atoms with Crippen LogP contribution in [-0.4, -0.2) is 89.4 Å². The minimum atomic E-state index is -4.65. The smallest absolute Gasteiger partial charge is 0.417 e. The maximum Gasteiger partial charge on any atom is 0.417 e. The Morgan fingerprint density at radius 1 is 1.02 bits per heavy atom. The highest BCUT2D eigenvalue weighted by Crippen LogP contribution is 2.43. The number of benzene rings is 2. The summed E-state index contributed by atoms with van der Waals surface area (Å²) in [7, 11) is 5.96. The van der Waals surface area contributed by atoms with Crippen molar-refractivity contribution >= 4 is 27.5 Å². The molecule has 0 bridgehead atoms. The number of nitrogens with zero attached hydrogens (tertiary/aromatic N) is 6. The number of ether oxygens (including phenoxy) is 1. The number of aromatic nitrogens is 3. The number of pyridine rings is 1. The predicted molar refractivity (Wildman–Crippen MR) is 167 cm³/mol. The van der Waals surface area contributed by atoms with Crippen LogP contribution in [0.25, 0.3) is 32.9 Å².